The van der Waals surface area contributed by atoms with Crippen LogP contribution in [0.15, 0.2) is 48.5 Å². The lowest BCUT2D eigenvalue weighted by atomic mass is 10.2. The molecule has 0 heterocycles. The predicted octanol–water partition coefficient (Wildman–Crippen LogP) is -0.577. The van der Waals surface area contributed by atoms with Crippen LogP contribution in [0.5, 0.6) is 0 Å². The highest BCUT2D eigenvalue weighted by Gasteiger charge is 2.18. The van der Waals surface area contributed by atoms with Crippen LogP contribution >= 0.6 is 11.6 Å². The fourth-order valence-corrected chi connectivity index (χ4v) is 2.82. The summed E-state index contributed by atoms with van der Waals surface area (Å²) in [6, 6.07) is 14.3. The lowest BCUT2D eigenvalue weighted by Crippen LogP contribution is -2.99. The zero-order chi connectivity index (χ0) is 19.6. The average Bonchev–Trinajstić information content (AvgIpc) is 2.64. The molecule has 2 aromatic rings. The van der Waals surface area contributed by atoms with Crippen molar-refractivity contribution in [3.8, 4) is 0 Å². The average molecular weight is 391 g/mol. The van der Waals surface area contributed by atoms with Gasteiger partial charge in [-0.25, -0.2) is 0 Å². The van der Waals surface area contributed by atoms with Crippen molar-refractivity contribution in [1.29, 1.82) is 0 Å². The van der Waals surface area contributed by atoms with Gasteiger partial charge in [-0.05, 0) is 24.6 Å². The lowest BCUT2D eigenvalue weighted by molar-refractivity contribution is -0.742. The van der Waals surface area contributed by atoms with E-state index in [0.29, 0.717) is 17.3 Å². The minimum Gasteiger partial charge on any atom is -0.544 e. The van der Waals surface area contributed by atoms with Gasteiger partial charge < -0.3 is 25.9 Å². The van der Waals surface area contributed by atoms with Crippen molar-refractivity contribution in [3.63, 3.8) is 0 Å². The molecule has 27 heavy (non-hydrogen) atoms. The number of carbonyl (C=O) groups is 2. The Morgan fingerprint density at radius 1 is 1.15 bits per heavy atom. The summed E-state index contributed by atoms with van der Waals surface area (Å²) in [6.45, 7) is 4.02. The Labute approximate surface area is 163 Å². The molecule has 144 valence electrons. The van der Waals surface area contributed by atoms with E-state index in [1.165, 1.54) is 5.56 Å². The summed E-state index contributed by atoms with van der Waals surface area (Å²) in [7, 11) is 0. The molecule has 6 nitrogen and oxygen atoms in total. The number of carboxylic acids is 1. The molecule has 0 aliphatic carbocycles. The Bertz CT molecular complexity index is 768. The third-order valence-corrected chi connectivity index (χ3v) is 4.62. The van der Waals surface area contributed by atoms with E-state index in [4.69, 9.17) is 11.6 Å². The maximum Gasteiger partial charge on any atom is 0.230 e. The second-order valence-electron chi connectivity index (χ2n) is 6.43. The van der Waals surface area contributed by atoms with Gasteiger partial charge in [0.25, 0.3) is 0 Å². The molecule has 1 amide bonds. The number of carboxylic acid groups (broad SMARTS) is 1. The van der Waals surface area contributed by atoms with Crippen LogP contribution in [-0.2, 0) is 16.1 Å². The number of hydrogen-bond acceptors (Lipinski definition) is 3. The van der Waals surface area contributed by atoms with Gasteiger partial charge in [-0.3, -0.25) is 4.79 Å². The molecule has 0 saturated carbocycles. The van der Waals surface area contributed by atoms with Gasteiger partial charge in [-0.15, -0.1) is 0 Å². The number of quaternary nitrogens is 2. The standard InChI is InChI=1S/C20H24ClN3O3/c1-14-7-8-16(11-17(14)21)24-19(25)12-18(20(26)27)23-10-9-22-13-15-5-3-2-4-6-15/h2-8,11,18,22-23H,9-10,12-13H2,1H3,(H,24,25)(H,26,27)/p+1/t18-/m1/s1. The maximum atomic E-state index is 12.1. The number of benzene rings is 2. The molecular formula is C20H25ClN3O3+. The Kier molecular flexibility index (Phi) is 8.26. The minimum atomic E-state index is -1.24. The van der Waals surface area contributed by atoms with Crippen molar-refractivity contribution in [1.82, 2.24) is 0 Å². The van der Waals surface area contributed by atoms with Gasteiger partial charge in [-0.2, -0.15) is 0 Å². The van der Waals surface area contributed by atoms with Gasteiger partial charge in [-0.1, -0.05) is 48.0 Å². The Hall–Kier alpha value is -2.41. The number of amides is 1. The van der Waals surface area contributed by atoms with Gasteiger partial charge in [0.1, 0.15) is 25.7 Å². The summed E-state index contributed by atoms with van der Waals surface area (Å²) < 4.78 is 0. The number of carbonyl (C=O) groups excluding carboxylic acids is 2. The van der Waals surface area contributed by atoms with Crippen LogP contribution in [0.2, 0.25) is 5.02 Å². The molecule has 0 unspecified atom stereocenters. The van der Waals surface area contributed by atoms with Crippen LogP contribution in [0.25, 0.3) is 0 Å². The van der Waals surface area contributed by atoms with Crippen LogP contribution in [0.3, 0.4) is 0 Å². The topological polar surface area (TPSA) is 102 Å². The van der Waals surface area contributed by atoms with Gasteiger partial charge in [0.15, 0.2) is 0 Å². The first-order chi connectivity index (χ1) is 13.0. The van der Waals surface area contributed by atoms with Gasteiger partial charge in [0.05, 0.1) is 12.4 Å². The molecule has 0 fully saturated rings. The molecule has 0 aromatic heterocycles. The summed E-state index contributed by atoms with van der Waals surface area (Å²) in [5.74, 6) is -1.62. The van der Waals surface area contributed by atoms with E-state index in [9.17, 15) is 14.7 Å². The van der Waals surface area contributed by atoms with E-state index >= 15 is 0 Å². The normalized spacial score (nSPS) is 11.8. The Morgan fingerprint density at radius 2 is 1.89 bits per heavy atom. The first-order valence-electron chi connectivity index (χ1n) is 8.91. The zero-order valence-electron chi connectivity index (χ0n) is 15.3. The van der Waals surface area contributed by atoms with Gasteiger partial charge >= 0.3 is 0 Å². The number of anilines is 1. The van der Waals surface area contributed by atoms with E-state index in [0.717, 1.165) is 18.7 Å². The van der Waals surface area contributed by atoms with Crippen molar-refractivity contribution in [2.45, 2.75) is 25.9 Å². The van der Waals surface area contributed by atoms with Crippen molar-refractivity contribution in [3.05, 3.63) is 64.7 Å². The second kappa shape index (κ2) is 10.7. The molecular weight excluding hydrogens is 366 g/mol. The molecule has 0 aliphatic rings. The van der Waals surface area contributed by atoms with Crippen molar-refractivity contribution >= 4 is 29.2 Å². The molecule has 0 radical (unpaired) electrons. The van der Waals surface area contributed by atoms with E-state index in [2.05, 4.69) is 10.6 Å². The third-order valence-electron chi connectivity index (χ3n) is 4.21. The first-order valence-corrected chi connectivity index (χ1v) is 9.29. The largest absolute Gasteiger partial charge is 0.544 e. The van der Waals surface area contributed by atoms with Crippen LogP contribution < -0.4 is 21.1 Å². The number of nitrogens with one attached hydrogen (secondary N) is 1. The fourth-order valence-electron chi connectivity index (χ4n) is 2.64. The summed E-state index contributed by atoms with van der Waals surface area (Å²) in [4.78, 5) is 23.4. The fraction of sp³-hybridized carbons (Fsp3) is 0.300. The van der Waals surface area contributed by atoms with Crippen LogP contribution in [0.1, 0.15) is 17.5 Å². The molecule has 0 aliphatic heterocycles. The number of rotatable bonds is 10. The lowest BCUT2D eigenvalue weighted by Gasteiger charge is -2.16. The van der Waals surface area contributed by atoms with Crippen molar-refractivity contribution < 1.29 is 25.3 Å². The number of aliphatic carboxylic acids is 1. The molecule has 0 bridgehead atoms. The Balaban J connectivity index is 1.74. The summed E-state index contributed by atoms with van der Waals surface area (Å²) in [5.41, 5.74) is 2.66. The van der Waals surface area contributed by atoms with E-state index < -0.39 is 12.0 Å². The Morgan fingerprint density at radius 3 is 2.56 bits per heavy atom. The van der Waals surface area contributed by atoms with Crippen molar-refractivity contribution in [2.75, 3.05) is 18.4 Å². The van der Waals surface area contributed by atoms with E-state index in [-0.39, 0.29) is 12.3 Å². The quantitative estimate of drug-likeness (QED) is 0.473. The summed E-state index contributed by atoms with van der Waals surface area (Å²) in [5, 5.41) is 18.3. The van der Waals surface area contributed by atoms with Crippen molar-refractivity contribution in [2.24, 2.45) is 0 Å². The number of halogens is 1. The zero-order valence-corrected chi connectivity index (χ0v) is 16.0. The number of hydrogen-bond donors (Lipinski definition) is 3. The van der Waals surface area contributed by atoms with Crippen LogP contribution in [-0.4, -0.2) is 31.0 Å². The van der Waals surface area contributed by atoms with Crippen LogP contribution in [0, 0.1) is 6.92 Å². The molecule has 0 saturated heterocycles. The highest BCUT2D eigenvalue weighted by Crippen LogP contribution is 2.20. The third kappa shape index (κ3) is 7.38. The van der Waals surface area contributed by atoms with Crippen LogP contribution in [0.4, 0.5) is 5.69 Å². The van der Waals surface area contributed by atoms with Gasteiger partial charge in [0.2, 0.25) is 5.91 Å². The monoisotopic (exact) mass is 390 g/mol. The predicted molar refractivity (Wildman–Crippen MR) is 102 cm³/mol. The highest BCUT2D eigenvalue weighted by atomic mass is 35.5. The summed E-state index contributed by atoms with van der Waals surface area (Å²) >= 11 is 6.03. The number of nitrogens with two attached hydrogens (primary N) is 2. The molecule has 1 atom stereocenters. The molecule has 2 aromatic carbocycles. The molecule has 2 rings (SSSR count). The molecule has 7 heteroatoms. The van der Waals surface area contributed by atoms with E-state index in [1.54, 1.807) is 23.5 Å². The summed E-state index contributed by atoms with van der Waals surface area (Å²) in [6.07, 6.45) is -0.160. The van der Waals surface area contributed by atoms with E-state index in [1.807, 2.05) is 37.3 Å². The first kappa shape index (κ1) is 20.9. The number of aryl methyl sites for hydroxylation is 1. The maximum absolute atomic E-state index is 12.1. The minimum absolute atomic E-state index is 0.160. The smallest absolute Gasteiger partial charge is 0.230 e. The highest BCUT2D eigenvalue weighted by molar-refractivity contribution is 6.31. The SMILES string of the molecule is Cc1ccc(NC(=O)C[C@@H]([NH2+]CC[NH2+]Cc2ccccc2)C(=O)[O-])cc1Cl. The molecule has 0 spiro atoms. The second-order valence-corrected chi connectivity index (χ2v) is 6.84. The molecule has 5 N–H and O–H groups in total. The van der Waals surface area contributed by atoms with Gasteiger partial charge in [0, 0.05) is 16.3 Å².